The quantitative estimate of drug-likeness (QED) is 0.728. The van der Waals surface area contributed by atoms with E-state index in [-0.39, 0.29) is 5.92 Å². The topological polar surface area (TPSA) is 60.2 Å². The van der Waals surface area contributed by atoms with Crippen molar-refractivity contribution in [1.82, 2.24) is 15.0 Å². The molecule has 0 spiro atoms. The number of hydrogen-bond donors (Lipinski definition) is 1. The van der Waals surface area contributed by atoms with Crippen molar-refractivity contribution >= 4 is 0 Å². The summed E-state index contributed by atoms with van der Waals surface area (Å²) in [5.74, 6) is 0.124. The van der Waals surface area contributed by atoms with Crippen molar-refractivity contribution in [2.45, 2.75) is 18.9 Å². The first-order valence-electron chi connectivity index (χ1n) is 4.77. The third-order valence-corrected chi connectivity index (χ3v) is 2.84. The molecule has 0 saturated carbocycles. The molecule has 0 bridgehead atoms. The zero-order valence-corrected chi connectivity index (χ0v) is 8.47. The van der Waals surface area contributed by atoms with E-state index in [0.717, 1.165) is 13.0 Å². The second kappa shape index (κ2) is 3.33. The Hall–Kier alpha value is -0.940. The zero-order valence-electron chi connectivity index (χ0n) is 8.47. The first-order chi connectivity index (χ1) is 6.60. The Labute approximate surface area is 82.7 Å². The van der Waals surface area contributed by atoms with Crippen LogP contribution in [0.1, 0.15) is 19.0 Å². The lowest BCUT2D eigenvalue weighted by molar-refractivity contribution is -0.0139. The summed E-state index contributed by atoms with van der Waals surface area (Å²) in [6, 6.07) is 0. The third kappa shape index (κ3) is 1.53. The molecular weight excluding hydrogens is 182 g/mol. The van der Waals surface area contributed by atoms with Gasteiger partial charge in [0.05, 0.1) is 12.8 Å². The molecule has 5 heteroatoms. The molecule has 1 aromatic rings. The Morgan fingerprint density at radius 2 is 2.50 bits per heavy atom. The Kier molecular flexibility index (Phi) is 2.28. The zero-order chi connectivity index (χ0) is 10.2. The van der Waals surface area contributed by atoms with E-state index in [1.54, 1.807) is 20.2 Å². The van der Waals surface area contributed by atoms with E-state index in [9.17, 15) is 5.11 Å². The summed E-state index contributed by atoms with van der Waals surface area (Å²) in [6.07, 6.45) is 2.49. The molecule has 1 aliphatic rings. The van der Waals surface area contributed by atoms with Gasteiger partial charge in [-0.1, -0.05) is 0 Å². The van der Waals surface area contributed by atoms with Gasteiger partial charge >= 0.3 is 0 Å². The SMILES string of the molecule is Cn1ncc(C(C)(O)C2CCOC2)n1. The molecule has 1 aromatic heterocycles. The molecule has 2 rings (SSSR count). The molecule has 0 aliphatic carbocycles. The number of rotatable bonds is 2. The predicted molar refractivity (Wildman–Crippen MR) is 49.5 cm³/mol. The van der Waals surface area contributed by atoms with Crippen molar-refractivity contribution in [3.05, 3.63) is 11.9 Å². The van der Waals surface area contributed by atoms with Gasteiger partial charge in [0.2, 0.25) is 0 Å². The Morgan fingerprint density at radius 1 is 1.71 bits per heavy atom. The molecule has 0 aromatic carbocycles. The van der Waals surface area contributed by atoms with Crippen LogP contribution in [-0.4, -0.2) is 33.3 Å². The molecule has 78 valence electrons. The molecule has 1 fully saturated rings. The monoisotopic (exact) mass is 197 g/mol. The highest BCUT2D eigenvalue weighted by Crippen LogP contribution is 2.32. The third-order valence-electron chi connectivity index (χ3n) is 2.84. The van der Waals surface area contributed by atoms with E-state index in [1.807, 2.05) is 0 Å². The number of aromatic nitrogens is 3. The molecule has 0 radical (unpaired) electrons. The highest BCUT2D eigenvalue weighted by atomic mass is 16.5. The fourth-order valence-corrected chi connectivity index (χ4v) is 1.76. The van der Waals surface area contributed by atoms with Gasteiger partial charge < -0.3 is 9.84 Å². The normalized spacial score (nSPS) is 26.4. The number of aryl methyl sites for hydroxylation is 1. The van der Waals surface area contributed by atoms with E-state index in [0.29, 0.717) is 12.3 Å². The standard InChI is InChI=1S/C9H15N3O2/c1-9(13,7-3-4-14-6-7)8-5-10-12(2)11-8/h5,7,13H,3-4,6H2,1-2H3. The van der Waals surface area contributed by atoms with Gasteiger partial charge in [-0.3, -0.25) is 0 Å². The van der Waals surface area contributed by atoms with Crippen molar-refractivity contribution in [3.63, 3.8) is 0 Å². The van der Waals surface area contributed by atoms with Crippen LogP contribution in [0.15, 0.2) is 6.20 Å². The summed E-state index contributed by atoms with van der Waals surface area (Å²) in [4.78, 5) is 1.46. The first kappa shape index (κ1) is 9.61. The smallest absolute Gasteiger partial charge is 0.114 e. The summed E-state index contributed by atoms with van der Waals surface area (Å²) in [5, 5.41) is 18.4. The van der Waals surface area contributed by atoms with E-state index in [2.05, 4.69) is 10.2 Å². The van der Waals surface area contributed by atoms with Crippen LogP contribution in [0, 0.1) is 5.92 Å². The highest BCUT2D eigenvalue weighted by Gasteiger charge is 2.38. The van der Waals surface area contributed by atoms with Gasteiger partial charge in [-0.05, 0) is 13.3 Å². The van der Waals surface area contributed by atoms with Crippen molar-refractivity contribution < 1.29 is 9.84 Å². The van der Waals surface area contributed by atoms with Crippen LogP contribution < -0.4 is 0 Å². The molecule has 2 heterocycles. The van der Waals surface area contributed by atoms with Gasteiger partial charge in [0.1, 0.15) is 11.3 Å². The van der Waals surface area contributed by atoms with Gasteiger partial charge in [-0.15, -0.1) is 0 Å². The van der Waals surface area contributed by atoms with Crippen LogP contribution in [0.4, 0.5) is 0 Å². The van der Waals surface area contributed by atoms with Gasteiger partial charge in [-0.2, -0.15) is 15.0 Å². The van der Waals surface area contributed by atoms with E-state index < -0.39 is 5.60 Å². The van der Waals surface area contributed by atoms with Crippen LogP contribution in [0.25, 0.3) is 0 Å². The van der Waals surface area contributed by atoms with Crippen molar-refractivity contribution in [2.75, 3.05) is 13.2 Å². The summed E-state index contributed by atoms with van der Waals surface area (Å²) >= 11 is 0. The molecule has 1 aliphatic heterocycles. The maximum atomic E-state index is 10.3. The maximum absolute atomic E-state index is 10.3. The number of aliphatic hydroxyl groups is 1. The molecular formula is C9H15N3O2. The summed E-state index contributed by atoms with van der Waals surface area (Å²) in [6.45, 7) is 3.10. The molecule has 2 unspecified atom stereocenters. The first-order valence-corrected chi connectivity index (χ1v) is 4.77. The molecule has 14 heavy (non-hydrogen) atoms. The predicted octanol–water partition coefficient (Wildman–Crippen LogP) is 0.0591. The minimum absolute atomic E-state index is 0.124. The van der Waals surface area contributed by atoms with E-state index in [4.69, 9.17) is 4.74 Å². The summed E-state index contributed by atoms with van der Waals surface area (Å²) < 4.78 is 5.26. The lowest BCUT2D eigenvalue weighted by Crippen LogP contribution is -2.32. The average molecular weight is 197 g/mol. The van der Waals surface area contributed by atoms with Crippen LogP contribution in [-0.2, 0) is 17.4 Å². The highest BCUT2D eigenvalue weighted by molar-refractivity contribution is 5.07. The minimum Gasteiger partial charge on any atom is -0.383 e. The van der Waals surface area contributed by atoms with Crippen molar-refractivity contribution in [1.29, 1.82) is 0 Å². The number of ether oxygens (including phenoxy) is 1. The van der Waals surface area contributed by atoms with Crippen molar-refractivity contribution in [2.24, 2.45) is 13.0 Å². The molecule has 0 amide bonds. The maximum Gasteiger partial charge on any atom is 0.114 e. The van der Waals surface area contributed by atoms with E-state index >= 15 is 0 Å². The fourth-order valence-electron chi connectivity index (χ4n) is 1.76. The van der Waals surface area contributed by atoms with E-state index in [1.165, 1.54) is 4.80 Å². The second-order valence-electron chi connectivity index (χ2n) is 3.93. The van der Waals surface area contributed by atoms with Gasteiger partial charge in [-0.25, -0.2) is 0 Å². The Bertz CT molecular complexity index is 316. The van der Waals surface area contributed by atoms with Gasteiger partial charge in [0, 0.05) is 19.6 Å². The second-order valence-corrected chi connectivity index (χ2v) is 3.93. The van der Waals surface area contributed by atoms with Crippen LogP contribution in [0.2, 0.25) is 0 Å². The summed E-state index contributed by atoms with van der Waals surface area (Å²) in [5.41, 5.74) is -0.305. The Morgan fingerprint density at radius 3 is 3.00 bits per heavy atom. The average Bonchev–Trinajstić information content (AvgIpc) is 2.72. The minimum atomic E-state index is -0.926. The van der Waals surface area contributed by atoms with Crippen molar-refractivity contribution in [3.8, 4) is 0 Å². The summed E-state index contributed by atoms with van der Waals surface area (Å²) in [7, 11) is 1.74. The van der Waals surface area contributed by atoms with Crippen LogP contribution >= 0.6 is 0 Å². The Balaban J connectivity index is 2.22. The largest absolute Gasteiger partial charge is 0.383 e. The lowest BCUT2D eigenvalue weighted by atomic mass is 9.86. The lowest BCUT2D eigenvalue weighted by Gasteiger charge is -2.26. The van der Waals surface area contributed by atoms with Crippen LogP contribution in [0.5, 0.6) is 0 Å². The van der Waals surface area contributed by atoms with Crippen LogP contribution in [0.3, 0.4) is 0 Å². The molecule has 5 nitrogen and oxygen atoms in total. The molecule has 1 N–H and O–H groups in total. The fraction of sp³-hybridized carbons (Fsp3) is 0.778. The number of nitrogens with zero attached hydrogens (tertiary/aromatic N) is 3. The van der Waals surface area contributed by atoms with Gasteiger partial charge in [0.25, 0.3) is 0 Å². The number of hydrogen-bond acceptors (Lipinski definition) is 4. The molecule has 1 saturated heterocycles. The molecule has 2 atom stereocenters. The van der Waals surface area contributed by atoms with Gasteiger partial charge in [0.15, 0.2) is 0 Å².